The van der Waals surface area contributed by atoms with Crippen molar-refractivity contribution in [1.82, 2.24) is 9.62 Å². The van der Waals surface area contributed by atoms with E-state index in [2.05, 4.69) is 5.32 Å². The number of carbonyl (C=O) groups is 1. The lowest BCUT2D eigenvalue weighted by Gasteiger charge is -2.28. The van der Waals surface area contributed by atoms with E-state index in [1.165, 1.54) is 7.05 Å². The molecule has 1 aromatic rings. The predicted molar refractivity (Wildman–Crippen MR) is 84.2 cm³/mol. The molecule has 0 saturated carbocycles. The molecule has 0 heterocycles. The molecule has 118 valence electrons. The van der Waals surface area contributed by atoms with Crippen LogP contribution in [0.5, 0.6) is 0 Å². The van der Waals surface area contributed by atoms with Gasteiger partial charge in [0.05, 0.1) is 6.26 Å². The van der Waals surface area contributed by atoms with Gasteiger partial charge in [-0.15, -0.1) is 0 Å². The number of carbonyl (C=O) groups excluding carboxylic acids is 1. The van der Waals surface area contributed by atoms with Gasteiger partial charge in [-0.2, -0.15) is 4.31 Å². The van der Waals surface area contributed by atoms with Crippen molar-refractivity contribution in [3.05, 3.63) is 35.9 Å². The second-order valence-corrected chi connectivity index (χ2v) is 7.68. The molecular weight excluding hydrogens is 288 g/mol. The third-order valence-corrected chi connectivity index (χ3v) is 4.88. The quantitative estimate of drug-likeness (QED) is 0.870. The van der Waals surface area contributed by atoms with Crippen LogP contribution in [0.4, 0.5) is 0 Å². The van der Waals surface area contributed by atoms with Crippen molar-refractivity contribution in [2.75, 3.05) is 13.3 Å². The number of rotatable bonds is 6. The van der Waals surface area contributed by atoms with E-state index in [0.29, 0.717) is 5.56 Å². The molecule has 0 spiro atoms. The van der Waals surface area contributed by atoms with Gasteiger partial charge in [0.25, 0.3) is 0 Å². The van der Waals surface area contributed by atoms with Gasteiger partial charge in [0.2, 0.25) is 15.9 Å². The topological polar surface area (TPSA) is 66.5 Å². The minimum absolute atomic E-state index is 0.0309. The van der Waals surface area contributed by atoms with Crippen molar-refractivity contribution >= 4 is 15.9 Å². The fourth-order valence-electron chi connectivity index (χ4n) is 1.82. The smallest absolute Gasteiger partial charge is 0.243 e. The highest BCUT2D eigenvalue weighted by molar-refractivity contribution is 7.88. The fraction of sp³-hybridized carbons (Fsp3) is 0.533. The van der Waals surface area contributed by atoms with E-state index in [1.54, 1.807) is 24.3 Å². The van der Waals surface area contributed by atoms with Gasteiger partial charge in [-0.25, -0.2) is 8.42 Å². The largest absolute Gasteiger partial charge is 0.352 e. The number of hydrogen-bond donors (Lipinski definition) is 1. The molecule has 21 heavy (non-hydrogen) atoms. The first-order chi connectivity index (χ1) is 9.64. The second-order valence-electron chi connectivity index (χ2n) is 5.63. The molecule has 2 atom stereocenters. The van der Waals surface area contributed by atoms with Gasteiger partial charge in [0.1, 0.15) is 6.04 Å². The summed E-state index contributed by atoms with van der Waals surface area (Å²) in [6, 6.07) is 8.03. The molecule has 0 radical (unpaired) electrons. The number of nitrogens with zero attached hydrogens (tertiary/aromatic N) is 1. The molecule has 1 amide bonds. The van der Waals surface area contributed by atoms with Gasteiger partial charge in [-0.05, 0) is 18.4 Å². The van der Waals surface area contributed by atoms with Crippen LogP contribution in [0.3, 0.4) is 0 Å². The summed E-state index contributed by atoms with van der Waals surface area (Å²) in [7, 11) is -2.06. The first-order valence-electron chi connectivity index (χ1n) is 6.93. The Hall–Kier alpha value is -1.40. The van der Waals surface area contributed by atoms with E-state index >= 15 is 0 Å². The van der Waals surface area contributed by atoms with Gasteiger partial charge in [-0.1, -0.05) is 44.2 Å². The van der Waals surface area contributed by atoms with Crippen molar-refractivity contribution in [2.45, 2.75) is 32.9 Å². The van der Waals surface area contributed by atoms with Crippen LogP contribution in [0.1, 0.15) is 32.4 Å². The monoisotopic (exact) mass is 312 g/mol. The summed E-state index contributed by atoms with van der Waals surface area (Å²) in [5, 5.41) is 2.89. The van der Waals surface area contributed by atoms with E-state index in [9.17, 15) is 13.2 Å². The van der Waals surface area contributed by atoms with Gasteiger partial charge >= 0.3 is 0 Å². The molecule has 0 aromatic heterocycles. The third kappa shape index (κ3) is 4.82. The summed E-state index contributed by atoms with van der Waals surface area (Å²) < 4.78 is 24.7. The van der Waals surface area contributed by atoms with Gasteiger partial charge in [-0.3, -0.25) is 4.79 Å². The normalized spacial score (nSPS) is 15.0. The molecule has 1 aromatic carbocycles. The Morgan fingerprint density at radius 1 is 1.14 bits per heavy atom. The number of sulfonamides is 1. The lowest BCUT2D eigenvalue weighted by Crippen LogP contribution is -2.45. The molecule has 0 unspecified atom stereocenters. The van der Waals surface area contributed by atoms with Crippen molar-refractivity contribution in [1.29, 1.82) is 0 Å². The van der Waals surface area contributed by atoms with E-state index in [4.69, 9.17) is 0 Å². The highest BCUT2D eigenvalue weighted by Crippen LogP contribution is 2.22. The molecular formula is C15H24N2O3S. The lowest BCUT2D eigenvalue weighted by atomic mass is 10.0. The van der Waals surface area contributed by atoms with Gasteiger partial charge < -0.3 is 5.32 Å². The van der Waals surface area contributed by atoms with Crippen LogP contribution in [0.2, 0.25) is 0 Å². The van der Waals surface area contributed by atoms with E-state index in [1.807, 2.05) is 26.8 Å². The Morgan fingerprint density at radius 3 is 2.10 bits per heavy atom. The number of hydrogen-bond acceptors (Lipinski definition) is 3. The molecule has 0 fully saturated rings. The Balaban J connectivity index is 3.12. The standard InChI is InChI=1S/C15H24N2O3S/c1-11(2)12(3)16-15(18)14(17(4)21(5,19)20)13-9-7-6-8-10-13/h6-12,14H,1-5H3,(H,16,18)/t12-,14+/m1/s1. The third-order valence-electron chi connectivity index (χ3n) is 3.62. The average molecular weight is 312 g/mol. The second kappa shape index (κ2) is 7.04. The zero-order valence-electron chi connectivity index (χ0n) is 13.2. The molecule has 5 nitrogen and oxygen atoms in total. The summed E-state index contributed by atoms with van der Waals surface area (Å²) in [5.41, 5.74) is 0.652. The maximum atomic E-state index is 12.5. The van der Waals surface area contributed by atoms with Crippen LogP contribution in [0.15, 0.2) is 30.3 Å². The van der Waals surface area contributed by atoms with Crippen LogP contribution < -0.4 is 5.32 Å². The average Bonchev–Trinajstić information content (AvgIpc) is 2.38. The van der Waals surface area contributed by atoms with Crippen LogP contribution in [0.25, 0.3) is 0 Å². The Labute approximate surface area is 127 Å². The molecule has 0 bridgehead atoms. The summed E-state index contributed by atoms with van der Waals surface area (Å²) in [5.74, 6) is -0.0377. The molecule has 0 aliphatic heterocycles. The fourth-order valence-corrected chi connectivity index (χ4v) is 2.42. The van der Waals surface area contributed by atoms with E-state index in [0.717, 1.165) is 10.6 Å². The van der Waals surface area contributed by atoms with Crippen LogP contribution in [0, 0.1) is 5.92 Å². The van der Waals surface area contributed by atoms with E-state index in [-0.39, 0.29) is 17.9 Å². The maximum Gasteiger partial charge on any atom is 0.243 e. The number of benzene rings is 1. The Bertz CT molecular complexity index is 570. The molecule has 0 aliphatic carbocycles. The molecule has 0 aliphatic rings. The highest BCUT2D eigenvalue weighted by Gasteiger charge is 2.31. The zero-order valence-corrected chi connectivity index (χ0v) is 14.0. The van der Waals surface area contributed by atoms with Crippen LogP contribution >= 0.6 is 0 Å². The maximum absolute atomic E-state index is 12.5. The summed E-state index contributed by atoms with van der Waals surface area (Å²) in [6.07, 6.45) is 1.10. The van der Waals surface area contributed by atoms with Crippen molar-refractivity contribution < 1.29 is 13.2 Å². The Morgan fingerprint density at radius 2 is 1.67 bits per heavy atom. The first-order valence-corrected chi connectivity index (χ1v) is 8.77. The minimum Gasteiger partial charge on any atom is -0.352 e. The number of amides is 1. The highest BCUT2D eigenvalue weighted by atomic mass is 32.2. The minimum atomic E-state index is -3.48. The van der Waals surface area contributed by atoms with Crippen molar-refractivity contribution in [3.63, 3.8) is 0 Å². The first kappa shape index (κ1) is 17.7. The lowest BCUT2D eigenvalue weighted by molar-refractivity contribution is -0.125. The molecule has 1 rings (SSSR count). The predicted octanol–water partition coefficient (Wildman–Crippen LogP) is 1.78. The number of nitrogens with one attached hydrogen (secondary N) is 1. The molecule has 1 N–H and O–H groups in total. The summed E-state index contributed by atoms with van der Waals surface area (Å²) in [6.45, 7) is 5.91. The van der Waals surface area contributed by atoms with E-state index < -0.39 is 16.1 Å². The molecule has 6 heteroatoms. The van der Waals surface area contributed by atoms with Crippen molar-refractivity contribution in [2.24, 2.45) is 5.92 Å². The van der Waals surface area contributed by atoms with Crippen LogP contribution in [-0.2, 0) is 14.8 Å². The molecule has 0 saturated heterocycles. The van der Waals surface area contributed by atoms with Gasteiger partial charge in [0, 0.05) is 13.1 Å². The SMILES string of the molecule is CC(C)[C@@H](C)NC(=O)[C@H](c1ccccc1)N(C)S(C)(=O)=O. The van der Waals surface area contributed by atoms with Crippen LogP contribution in [-0.4, -0.2) is 38.0 Å². The Kier molecular flexibility index (Phi) is 5.92. The van der Waals surface area contributed by atoms with Crippen molar-refractivity contribution in [3.8, 4) is 0 Å². The van der Waals surface area contributed by atoms with Gasteiger partial charge in [0.15, 0.2) is 0 Å². The number of likely N-dealkylation sites (N-methyl/N-ethyl adjacent to an activating group) is 1. The summed E-state index contributed by atoms with van der Waals surface area (Å²) >= 11 is 0. The summed E-state index contributed by atoms with van der Waals surface area (Å²) in [4.78, 5) is 12.5. The zero-order chi connectivity index (χ0) is 16.2.